The smallest absolute Gasteiger partial charge is 0.342 e. The predicted octanol–water partition coefficient (Wildman–Crippen LogP) is 5.22. The van der Waals surface area contributed by atoms with Crippen molar-refractivity contribution in [3.63, 3.8) is 0 Å². The SMILES string of the molecule is O=C(OCc1cc(-c2ccc3c(c2)OCO3)on1)c1ccccc1Oc1ccccc1. The van der Waals surface area contributed by atoms with Crippen LogP contribution in [0.2, 0.25) is 0 Å². The quantitative estimate of drug-likeness (QED) is 0.400. The fourth-order valence-electron chi connectivity index (χ4n) is 3.12. The second kappa shape index (κ2) is 8.23. The fraction of sp³-hybridized carbons (Fsp3) is 0.0833. The van der Waals surface area contributed by atoms with Gasteiger partial charge in [0.2, 0.25) is 6.79 Å². The third kappa shape index (κ3) is 4.06. The van der Waals surface area contributed by atoms with E-state index in [1.54, 1.807) is 30.3 Å². The lowest BCUT2D eigenvalue weighted by Crippen LogP contribution is -2.07. The van der Waals surface area contributed by atoms with E-state index in [-0.39, 0.29) is 13.4 Å². The van der Waals surface area contributed by atoms with Gasteiger partial charge in [0, 0.05) is 11.6 Å². The molecule has 0 bridgehead atoms. The number of hydrogen-bond donors (Lipinski definition) is 0. The van der Waals surface area contributed by atoms with Gasteiger partial charge in [0.15, 0.2) is 17.3 Å². The maximum absolute atomic E-state index is 12.6. The van der Waals surface area contributed by atoms with Crippen LogP contribution >= 0.6 is 0 Å². The van der Waals surface area contributed by atoms with Gasteiger partial charge in [-0.3, -0.25) is 0 Å². The van der Waals surface area contributed by atoms with Gasteiger partial charge in [-0.15, -0.1) is 0 Å². The highest BCUT2D eigenvalue weighted by molar-refractivity contribution is 5.92. The van der Waals surface area contributed by atoms with E-state index in [1.807, 2.05) is 48.5 Å². The van der Waals surface area contributed by atoms with Gasteiger partial charge in [-0.25, -0.2) is 4.79 Å². The van der Waals surface area contributed by atoms with Gasteiger partial charge in [-0.2, -0.15) is 0 Å². The maximum atomic E-state index is 12.6. The van der Waals surface area contributed by atoms with Crippen molar-refractivity contribution in [3.8, 4) is 34.3 Å². The molecule has 1 aliphatic heterocycles. The fourth-order valence-corrected chi connectivity index (χ4v) is 3.12. The second-order valence-corrected chi connectivity index (χ2v) is 6.74. The van der Waals surface area contributed by atoms with E-state index in [2.05, 4.69) is 5.16 Å². The Kier molecular flexibility index (Phi) is 4.98. The summed E-state index contributed by atoms with van der Waals surface area (Å²) in [7, 11) is 0. The van der Waals surface area contributed by atoms with Crippen molar-refractivity contribution in [2.24, 2.45) is 0 Å². The molecular formula is C24H17NO6. The Labute approximate surface area is 177 Å². The number of carbonyl (C=O) groups excluding carboxylic acids is 1. The van der Waals surface area contributed by atoms with Crippen LogP contribution in [0.5, 0.6) is 23.0 Å². The average molecular weight is 415 g/mol. The summed E-state index contributed by atoms with van der Waals surface area (Å²) in [4.78, 5) is 12.6. The van der Waals surface area contributed by atoms with Crippen LogP contribution in [0, 0.1) is 0 Å². The third-order valence-electron chi connectivity index (χ3n) is 4.65. The highest BCUT2D eigenvalue weighted by Gasteiger charge is 2.18. The molecule has 0 fully saturated rings. The van der Waals surface area contributed by atoms with Crippen LogP contribution in [0.15, 0.2) is 83.4 Å². The normalized spacial score (nSPS) is 11.9. The van der Waals surface area contributed by atoms with E-state index in [0.29, 0.717) is 40.0 Å². The number of carbonyl (C=O) groups is 1. The van der Waals surface area contributed by atoms with Crippen molar-refractivity contribution in [2.75, 3.05) is 6.79 Å². The zero-order chi connectivity index (χ0) is 21.0. The van der Waals surface area contributed by atoms with Crippen LogP contribution in [0.4, 0.5) is 0 Å². The Morgan fingerprint density at radius 1 is 0.903 bits per heavy atom. The molecule has 0 N–H and O–H groups in total. The minimum Gasteiger partial charge on any atom is -0.456 e. The zero-order valence-corrected chi connectivity index (χ0v) is 16.3. The predicted molar refractivity (Wildman–Crippen MR) is 110 cm³/mol. The van der Waals surface area contributed by atoms with Gasteiger partial charge in [0.25, 0.3) is 0 Å². The van der Waals surface area contributed by atoms with Gasteiger partial charge in [0.1, 0.15) is 29.4 Å². The molecule has 3 aromatic carbocycles. The van der Waals surface area contributed by atoms with Crippen molar-refractivity contribution in [1.29, 1.82) is 0 Å². The molecule has 1 aliphatic rings. The summed E-state index contributed by atoms with van der Waals surface area (Å²) >= 11 is 0. The summed E-state index contributed by atoms with van der Waals surface area (Å²) in [6.07, 6.45) is 0. The number of fused-ring (bicyclic) bond motifs is 1. The highest BCUT2D eigenvalue weighted by Crippen LogP contribution is 2.36. The number of esters is 1. The molecule has 0 saturated carbocycles. The Morgan fingerprint density at radius 3 is 2.61 bits per heavy atom. The van der Waals surface area contributed by atoms with E-state index in [4.69, 9.17) is 23.5 Å². The number of hydrogen-bond acceptors (Lipinski definition) is 7. The molecule has 0 spiro atoms. The Bertz CT molecular complexity index is 1220. The van der Waals surface area contributed by atoms with E-state index >= 15 is 0 Å². The van der Waals surface area contributed by atoms with Crippen LogP contribution in [0.25, 0.3) is 11.3 Å². The Hall–Kier alpha value is -4.26. The van der Waals surface area contributed by atoms with Gasteiger partial charge in [-0.05, 0) is 42.5 Å². The number of benzene rings is 3. The lowest BCUT2D eigenvalue weighted by molar-refractivity contribution is 0.0461. The van der Waals surface area contributed by atoms with Crippen molar-refractivity contribution in [1.82, 2.24) is 5.16 Å². The summed E-state index contributed by atoms with van der Waals surface area (Å²) in [6.45, 7) is 0.165. The van der Waals surface area contributed by atoms with Crippen LogP contribution in [0.3, 0.4) is 0 Å². The first-order chi connectivity index (χ1) is 15.3. The molecular weight excluding hydrogens is 398 g/mol. The zero-order valence-electron chi connectivity index (χ0n) is 16.3. The van der Waals surface area contributed by atoms with E-state index < -0.39 is 5.97 Å². The van der Waals surface area contributed by atoms with Crippen molar-refractivity contribution >= 4 is 5.97 Å². The third-order valence-corrected chi connectivity index (χ3v) is 4.65. The first-order valence-electron chi connectivity index (χ1n) is 9.61. The molecule has 0 aliphatic carbocycles. The standard InChI is InChI=1S/C24H17NO6/c26-24(19-8-4-5-9-20(19)30-18-6-2-1-3-7-18)27-14-17-13-22(31-25-17)16-10-11-21-23(12-16)29-15-28-21/h1-13H,14-15H2. The number of nitrogens with zero attached hydrogens (tertiary/aromatic N) is 1. The van der Waals surface area contributed by atoms with Crippen LogP contribution in [-0.4, -0.2) is 17.9 Å². The molecule has 0 amide bonds. The van der Waals surface area contributed by atoms with E-state index in [1.165, 1.54) is 0 Å². The first-order valence-corrected chi connectivity index (χ1v) is 9.61. The second-order valence-electron chi connectivity index (χ2n) is 6.74. The van der Waals surface area contributed by atoms with Gasteiger partial charge in [-0.1, -0.05) is 35.5 Å². The lowest BCUT2D eigenvalue weighted by atomic mass is 10.1. The molecule has 0 radical (unpaired) electrons. The highest BCUT2D eigenvalue weighted by atomic mass is 16.7. The van der Waals surface area contributed by atoms with Crippen molar-refractivity contribution in [2.45, 2.75) is 6.61 Å². The number of rotatable bonds is 6. The van der Waals surface area contributed by atoms with Gasteiger partial charge < -0.3 is 23.5 Å². The average Bonchev–Trinajstić information content (AvgIpc) is 3.47. The molecule has 4 aromatic rings. The maximum Gasteiger partial charge on any atom is 0.342 e. The number of ether oxygens (including phenoxy) is 4. The van der Waals surface area contributed by atoms with E-state index in [9.17, 15) is 4.79 Å². The minimum atomic E-state index is -0.515. The topological polar surface area (TPSA) is 80.0 Å². The summed E-state index contributed by atoms with van der Waals surface area (Å²) in [5.41, 5.74) is 1.60. The Balaban J connectivity index is 1.27. The molecule has 7 heteroatoms. The molecule has 154 valence electrons. The lowest BCUT2D eigenvalue weighted by Gasteiger charge is -2.10. The summed E-state index contributed by atoms with van der Waals surface area (Å²) in [5.74, 6) is 2.41. The molecule has 31 heavy (non-hydrogen) atoms. The Morgan fingerprint density at radius 2 is 1.71 bits per heavy atom. The van der Waals surface area contributed by atoms with Crippen molar-refractivity contribution < 1.29 is 28.3 Å². The summed E-state index contributed by atoms with van der Waals surface area (Å²) in [5, 5.41) is 3.99. The monoisotopic (exact) mass is 415 g/mol. The minimum absolute atomic E-state index is 0.0352. The first kappa shape index (κ1) is 18.7. The largest absolute Gasteiger partial charge is 0.456 e. The van der Waals surface area contributed by atoms with Gasteiger partial charge in [0.05, 0.1) is 0 Å². The molecule has 0 atom stereocenters. The molecule has 5 rings (SSSR count). The molecule has 0 saturated heterocycles. The van der Waals surface area contributed by atoms with Crippen LogP contribution in [-0.2, 0) is 11.3 Å². The summed E-state index contributed by atoms with van der Waals surface area (Å²) in [6, 6.07) is 23.4. The molecule has 1 aromatic heterocycles. The van der Waals surface area contributed by atoms with Crippen LogP contribution in [0.1, 0.15) is 16.1 Å². The molecule has 2 heterocycles. The molecule has 7 nitrogen and oxygen atoms in total. The molecule has 0 unspecified atom stereocenters. The number of aromatic nitrogens is 1. The van der Waals surface area contributed by atoms with Gasteiger partial charge >= 0.3 is 5.97 Å². The number of para-hydroxylation sites is 2. The summed E-state index contributed by atoms with van der Waals surface area (Å²) < 4.78 is 27.3. The van der Waals surface area contributed by atoms with Crippen molar-refractivity contribution in [3.05, 3.63) is 90.1 Å². The van der Waals surface area contributed by atoms with Crippen LogP contribution < -0.4 is 14.2 Å². The van der Waals surface area contributed by atoms with E-state index in [0.717, 1.165) is 5.56 Å².